The van der Waals surface area contributed by atoms with Gasteiger partial charge in [-0.3, -0.25) is 9.59 Å². The molecular weight excluding hydrogens is 436 g/mol. The molecule has 4 rings (SSSR count). The van der Waals surface area contributed by atoms with Crippen LogP contribution in [0.2, 0.25) is 0 Å². The van der Waals surface area contributed by atoms with E-state index >= 15 is 0 Å². The van der Waals surface area contributed by atoms with Crippen molar-refractivity contribution in [1.82, 2.24) is 4.57 Å². The summed E-state index contributed by atoms with van der Waals surface area (Å²) in [4.78, 5) is 30.7. The number of esters is 1. The Morgan fingerprint density at radius 2 is 2.06 bits per heavy atom. The van der Waals surface area contributed by atoms with E-state index in [1.165, 1.54) is 18.4 Å². The van der Waals surface area contributed by atoms with E-state index in [0.717, 1.165) is 20.5 Å². The molecule has 2 heterocycles. The van der Waals surface area contributed by atoms with E-state index < -0.39 is 11.9 Å². The Hall–Kier alpha value is -3.04. The summed E-state index contributed by atoms with van der Waals surface area (Å²) in [7, 11) is 1.33. The number of carbonyl (C=O) groups is 2. The third-order valence-corrected chi connectivity index (χ3v) is 6.39. The molecule has 31 heavy (non-hydrogen) atoms. The van der Waals surface area contributed by atoms with E-state index in [1.54, 1.807) is 28.5 Å². The molecule has 0 bridgehead atoms. The van der Waals surface area contributed by atoms with E-state index in [-0.39, 0.29) is 12.3 Å². The maximum Gasteiger partial charge on any atom is 0.325 e. The Kier molecular flexibility index (Phi) is 6.15. The van der Waals surface area contributed by atoms with Crippen molar-refractivity contribution >= 4 is 56.2 Å². The van der Waals surface area contributed by atoms with Crippen molar-refractivity contribution in [2.24, 2.45) is 4.99 Å². The number of amides is 1. The van der Waals surface area contributed by atoms with Crippen molar-refractivity contribution in [3.05, 3.63) is 53.0 Å². The number of carbonyl (C=O) groups excluding carboxylic acids is 2. The number of hydrogen-bond acceptors (Lipinski definition) is 7. The molecule has 0 saturated carbocycles. The van der Waals surface area contributed by atoms with Crippen LogP contribution in [0.4, 0.5) is 0 Å². The van der Waals surface area contributed by atoms with Gasteiger partial charge in [-0.15, -0.1) is 11.8 Å². The Morgan fingerprint density at radius 1 is 1.23 bits per heavy atom. The summed E-state index contributed by atoms with van der Waals surface area (Å²) in [5.74, 6) is -0.276. The fourth-order valence-electron chi connectivity index (χ4n) is 3.17. The second-order valence-electron chi connectivity index (χ2n) is 6.52. The lowest BCUT2D eigenvalue weighted by Gasteiger charge is -2.04. The van der Waals surface area contributed by atoms with Gasteiger partial charge in [0.15, 0.2) is 21.9 Å². The van der Waals surface area contributed by atoms with E-state index in [9.17, 15) is 9.59 Å². The Bertz CT molecular complexity index is 1350. The third kappa shape index (κ3) is 4.24. The molecule has 2 aromatic heterocycles. The number of nitrogens with zero attached hydrogens (tertiary/aromatic N) is 2. The third-order valence-electron chi connectivity index (χ3n) is 4.62. The summed E-state index contributed by atoms with van der Waals surface area (Å²) in [6, 6.07) is 13.0. The van der Waals surface area contributed by atoms with E-state index in [1.807, 2.05) is 43.5 Å². The number of methoxy groups -OCH3 is 1. The molecular formula is C22H20N2O5S2. The number of fused-ring (bicyclic) bond motifs is 2. The number of furan rings is 1. The summed E-state index contributed by atoms with van der Waals surface area (Å²) < 4.78 is 18.8. The van der Waals surface area contributed by atoms with Gasteiger partial charge in [0.2, 0.25) is 0 Å². The van der Waals surface area contributed by atoms with E-state index in [0.29, 0.717) is 22.7 Å². The van der Waals surface area contributed by atoms with Crippen molar-refractivity contribution in [2.45, 2.75) is 18.4 Å². The SMILES string of the molecule is CCOc1cccc2cc(C(=O)N=c3sc4cc(SC)ccc4n3CC(=O)OC)oc12. The topological polar surface area (TPSA) is 83.0 Å². The zero-order valence-electron chi connectivity index (χ0n) is 17.2. The normalized spacial score (nSPS) is 11.9. The number of benzene rings is 2. The molecule has 4 aromatic rings. The smallest absolute Gasteiger partial charge is 0.325 e. The molecule has 0 aliphatic rings. The summed E-state index contributed by atoms with van der Waals surface area (Å²) in [6.45, 7) is 2.32. The van der Waals surface area contributed by atoms with Crippen molar-refractivity contribution in [3.8, 4) is 5.75 Å². The van der Waals surface area contributed by atoms with Crippen LogP contribution in [0.15, 0.2) is 56.8 Å². The molecule has 0 fully saturated rings. The number of thiazole rings is 1. The summed E-state index contributed by atoms with van der Waals surface area (Å²) in [5, 5.41) is 0.757. The minimum Gasteiger partial charge on any atom is -0.490 e. The van der Waals surface area contributed by atoms with Crippen LogP contribution in [0, 0.1) is 0 Å². The molecule has 0 radical (unpaired) electrons. The highest BCUT2D eigenvalue weighted by Crippen LogP contribution is 2.29. The van der Waals surface area contributed by atoms with Gasteiger partial charge in [0.25, 0.3) is 0 Å². The van der Waals surface area contributed by atoms with Crippen LogP contribution in [0.1, 0.15) is 17.5 Å². The van der Waals surface area contributed by atoms with Gasteiger partial charge in [-0.25, -0.2) is 0 Å². The molecule has 1 amide bonds. The highest BCUT2D eigenvalue weighted by atomic mass is 32.2. The number of thioether (sulfide) groups is 1. The zero-order chi connectivity index (χ0) is 22.0. The predicted molar refractivity (Wildman–Crippen MR) is 121 cm³/mol. The van der Waals surface area contributed by atoms with Crippen molar-refractivity contribution in [3.63, 3.8) is 0 Å². The number of ether oxygens (including phenoxy) is 2. The monoisotopic (exact) mass is 456 g/mol. The molecule has 2 aromatic carbocycles. The van der Waals surface area contributed by atoms with Gasteiger partial charge in [0.1, 0.15) is 6.54 Å². The largest absolute Gasteiger partial charge is 0.490 e. The lowest BCUT2D eigenvalue weighted by atomic mass is 10.2. The van der Waals surface area contributed by atoms with Crippen LogP contribution in [0.3, 0.4) is 0 Å². The number of rotatable bonds is 6. The van der Waals surface area contributed by atoms with E-state index in [4.69, 9.17) is 13.9 Å². The van der Waals surface area contributed by atoms with Gasteiger partial charge in [-0.2, -0.15) is 4.99 Å². The molecule has 9 heteroatoms. The molecule has 0 aliphatic carbocycles. The number of aromatic nitrogens is 1. The molecule has 0 saturated heterocycles. The second kappa shape index (κ2) is 8.99. The van der Waals surface area contributed by atoms with Gasteiger partial charge in [-0.1, -0.05) is 23.5 Å². The molecule has 0 aliphatic heterocycles. The maximum atomic E-state index is 12.9. The van der Waals surface area contributed by atoms with Gasteiger partial charge in [-0.05, 0) is 43.5 Å². The Labute approximate surface area is 186 Å². The van der Waals surface area contributed by atoms with Crippen LogP contribution < -0.4 is 9.54 Å². The second-order valence-corrected chi connectivity index (χ2v) is 8.40. The first kappa shape index (κ1) is 21.2. The number of hydrogen-bond donors (Lipinski definition) is 0. The molecule has 0 unspecified atom stereocenters. The molecule has 7 nitrogen and oxygen atoms in total. The minimum absolute atomic E-state index is 0.0458. The average Bonchev–Trinajstić information content (AvgIpc) is 3.36. The van der Waals surface area contributed by atoms with Crippen LogP contribution in [0.5, 0.6) is 5.75 Å². The fraction of sp³-hybridized carbons (Fsp3) is 0.227. The lowest BCUT2D eigenvalue weighted by molar-refractivity contribution is -0.141. The van der Waals surface area contributed by atoms with Gasteiger partial charge in [0.05, 0.1) is 23.9 Å². The van der Waals surface area contributed by atoms with Gasteiger partial charge < -0.3 is 18.5 Å². The minimum atomic E-state index is -0.533. The number of para-hydroxylation sites is 1. The average molecular weight is 457 g/mol. The molecule has 0 atom stereocenters. The molecule has 160 valence electrons. The summed E-state index contributed by atoms with van der Waals surface area (Å²) in [6.07, 6.45) is 1.99. The van der Waals surface area contributed by atoms with Crippen LogP contribution in [-0.2, 0) is 16.1 Å². The van der Waals surface area contributed by atoms with Crippen molar-refractivity contribution in [1.29, 1.82) is 0 Å². The molecule has 0 spiro atoms. The van der Waals surface area contributed by atoms with Crippen molar-refractivity contribution in [2.75, 3.05) is 20.0 Å². The highest BCUT2D eigenvalue weighted by molar-refractivity contribution is 7.98. The maximum absolute atomic E-state index is 12.9. The molecule has 0 N–H and O–H groups in total. The van der Waals surface area contributed by atoms with Gasteiger partial charge >= 0.3 is 11.9 Å². The van der Waals surface area contributed by atoms with Gasteiger partial charge in [0, 0.05) is 10.3 Å². The Morgan fingerprint density at radius 3 is 2.81 bits per heavy atom. The first-order valence-corrected chi connectivity index (χ1v) is 11.6. The summed E-state index contributed by atoms with van der Waals surface area (Å²) >= 11 is 2.95. The standard InChI is InChI=1S/C22H20N2O5S2/c1-4-28-16-7-5-6-13-10-17(29-20(13)16)21(26)23-22-24(12-19(25)27-2)15-9-8-14(30-3)11-18(15)31-22/h5-11H,4,12H2,1-3H3. The van der Waals surface area contributed by atoms with Crippen molar-refractivity contribution < 1.29 is 23.5 Å². The Balaban J connectivity index is 1.81. The van der Waals surface area contributed by atoms with Crippen LogP contribution >= 0.6 is 23.1 Å². The first-order valence-electron chi connectivity index (χ1n) is 9.52. The van der Waals surface area contributed by atoms with Crippen LogP contribution in [-0.4, -0.2) is 36.4 Å². The highest BCUT2D eigenvalue weighted by Gasteiger charge is 2.17. The predicted octanol–water partition coefficient (Wildman–Crippen LogP) is 4.48. The fourth-order valence-corrected chi connectivity index (χ4v) is 4.75. The van der Waals surface area contributed by atoms with E-state index in [2.05, 4.69) is 4.99 Å². The quantitative estimate of drug-likeness (QED) is 0.314. The van der Waals surface area contributed by atoms with Crippen LogP contribution in [0.25, 0.3) is 21.2 Å². The first-order chi connectivity index (χ1) is 15.0. The summed E-state index contributed by atoms with van der Waals surface area (Å²) in [5.41, 5.74) is 1.31. The zero-order valence-corrected chi connectivity index (χ0v) is 18.8. The lowest BCUT2D eigenvalue weighted by Crippen LogP contribution is -2.22.